The normalized spacial score (nSPS) is 16.8. The number of aliphatic carboxylic acids is 2. The smallest absolute Gasteiger partial charge is 0.326 e. The minimum Gasteiger partial charge on any atom is -0.504 e. The van der Waals surface area contributed by atoms with Crippen molar-refractivity contribution in [3.8, 4) is 11.5 Å². The van der Waals surface area contributed by atoms with Crippen LogP contribution in [-0.2, 0) is 14.4 Å². The molecular formula is C16H15NO7S2. The standard InChI is InChI=1S/C16H15NO7S2/c1-24-11-6-8(2-4-10(11)18)7-12-14(21)17(16(25)26-12)9(15(22)23)3-5-13(19)20/h2,4,6-7,9,18H,3,5H2,1H3,(H,19,20)(H,22,23). The van der Waals surface area contributed by atoms with Crippen LogP contribution in [0.2, 0.25) is 0 Å². The molecule has 1 aromatic carbocycles. The van der Waals surface area contributed by atoms with Crippen molar-refractivity contribution >= 4 is 52.2 Å². The fourth-order valence-electron chi connectivity index (χ4n) is 2.31. The molecular weight excluding hydrogens is 382 g/mol. The summed E-state index contributed by atoms with van der Waals surface area (Å²) in [6, 6.07) is 3.13. The molecule has 0 saturated carbocycles. The van der Waals surface area contributed by atoms with Gasteiger partial charge in [-0.15, -0.1) is 0 Å². The van der Waals surface area contributed by atoms with E-state index in [1.54, 1.807) is 6.07 Å². The predicted molar refractivity (Wildman–Crippen MR) is 98.0 cm³/mol. The topological polar surface area (TPSA) is 124 Å². The number of carbonyl (C=O) groups excluding carboxylic acids is 1. The second kappa shape index (κ2) is 8.19. The summed E-state index contributed by atoms with van der Waals surface area (Å²) in [6.07, 6.45) is 0.844. The Balaban J connectivity index is 2.29. The van der Waals surface area contributed by atoms with E-state index in [2.05, 4.69) is 0 Å². The zero-order valence-corrected chi connectivity index (χ0v) is 15.2. The summed E-state index contributed by atoms with van der Waals surface area (Å²) in [5.74, 6) is -2.93. The average Bonchev–Trinajstić information content (AvgIpc) is 2.84. The molecule has 1 unspecified atom stereocenters. The van der Waals surface area contributed by atoms with Crippen LogP contribution in [0.5, 0.6) is 11.5 Å². The van der Waals surface area contributed by atoms with Crippen LogP contribution in [0, 0.1) is 0 Å². The van der Waals surface area contributed by atoms with Gasteiger partial charge in [0.15, 0.2) is 11.5 Å². The number of rotatable bonds is 7. The summed E-state index contributed by atoms with van der Waals surface area (Å²) >= 11 is 6.04. The average molecular weight is 397 g/mol. The highest BCUT2D eigenvalue weighted by molar-refractivity contribution is 8.26. The highest BCUT2D eigenvalue weighted by Gasteiger charge is 2.40. The second-order valence-corrected chi connectivity index (χ2v) is 6.95. The Labute approximate surface area is 158 Å². The van der Waals surface area contributed by atoms with Crippen LogP contribution in [-0.4, -0.2) is 55.5 Å². The van der Waals surface area contributed by atoms with Gasteiger partial charge in [0, 0.05) is 6.42 Å². The lowest BCUT2D eigenvalue weighted by Crippen LogP contribution is -2.44. The molecule has 0 aromatic heterocycles. The molecule has 3 N–H and O–H groups in total. The molecule has 1 aromatic rings. The van der Waals surface area contributed by atoms with Gasteiger partial charge in [-0.2, -0.15) is 0 Å². The van der Waals surface area contributed by atoms with Crippen LogP contribution >= 0.6 is 24.0 Å². The zero-order chi connectivity index (χ0) is 19.4. The molecule has 2 rings (SSSR count). The van der Waals surface area contributed by atoms with E-state index >= 15 is 0 Å². The highest BCUT2D eigenvalue weighted by atomic mass is 32.2. The quantitative estimate of drug-likeness (QED) is 0.467. The van der Waals surface area contributed by atoms with E-state index in [1.165, 1.54) is 25.3 Å². The molecule has 1 heterocycles. The molecule has 1 amide bonds. The Hall–Kier alpha value is -2.59. The number of thiocarbonyl (C=S) groups is 1. The van der Waals surface area contributed by atoms with Gasteiger partial charge in [-0.05, 0) is 30.2 Å². The lowest BCUT2D eigenvalue weighted by atomic mass is 10.1. The van der Waals surface area contributed by atoms with E-state index in [4.69, 9.17) is 22.1 Å². The van der Waals surface area contributed by atoms with Crippen LogP contribution in [0.1, 0.15) is 18.4 Å². The summed E-state index contributed by atoms with van der Waals surface area (Å²) in [6.45, 7) is 0. The Morgan fingerprint density at radius 2 is 2.08 bits per heavy atom. The van der Waals surface area contributed by atoms with Gasteiger partial charge >= 0.3 is 11.9 Å². The van der Waals surface area contributed by atoms with Crippen LogP contribution in [0.3, 0.4) is 0 Å². The van der Waals surface area contributed by atoms with Crippen molar-refractivity contribution in [2.75, 3.05) is 7.11 Å². The Morgan fingerprint density at radius 3 is 2.65 bits per heavy atom. The van der Waals surface area contributed by atoms with Crippen molar-refractivity contribution in [2.45, 2.75) is 18.9 Å². The van der Waals surface area contributed by atoms with E-state index in [9.17, 15) is 24.6 Å². The third kappa shape index (κ3) is 4.33. The van der Waals surface area contributed by atoms with Crippen molar-refractivity contribution in [3.63, 3.8) is 0 Å². The van der Waals surface area contributed by atoms with Gasteiger partial charge in [0.25, 0.3) is 5.91 Å². The maximum atomic E-state index is 12.6. The number of nitrogens with zero attached hydrogens (tertiary/aromatic N) is 1. The van der Waals surface area contributed by atoms with E-state index in [0.29, 0.717) is 5.56 Å². The maximum Gasteiger partial charge on any atom is 0.326 e. The molecule has 10 heteroatoms. The van der Waals surface area contributed by atoms with Crippen LogP contribution in [0.15, 0.2) is 23.1 Å². The molecule has 0 bridgehead atoms. The summed E-state index contributed by atoms with van der Waals surface area (Å²) in [5, 5.41) is 27.7. The second-order valence-electron chi connectivity index (χ2n) is 5.27. The molecule has 26 heavy (non-hydrogen) atoms. The summed E-state index contributed by atoms with van der Waals surface area (Å²) in [4.78, 5) is 35.9. The number of benzene rings is 1. The number of carbonyl (C=O) groups is 3. The van der Waals surface area contributed by atoms with Crippen molar-refractivity contribution in [2.24, 2.45) is 0 Å². The molecule has 1 saturated heterocycles. The largest absolute Gasteiger partial charge is 0.504 e. The van der Waals surface area contributed by atoms with Gasteiger partial charge in [-0.25, -0.2) is 4.79 Å². The molecule has 0 spiro atoms. The lowest BCUT2D eigenvalue weighted by Gasteiger charge is -2.22. The first kappa shape index (κ1) is 19.7. The fourth-order valence-corrected chi connectivity index (χ4v) is 3.66. The number of amides is 1. The van der Waals surface area contributed by atoms with Crippen LogP contribution < -0.4 is 4.74 Å². The molecule has 8 nitrogen and oxygen atoms in total. The third-order valence-corrected chi connectivity index (χ3v) is 4.88. The molecule has 1 fully saturated rings. The number of carboxylic acids is 2. The van der Waals surface area contributed by atoms with Gasteiger partial charge in [0.2, 0.25) is 0 Å². The van der Waals surface area contributed by atoms with E-state index in [-0.39, 0.29) is 27.1 Å². The molecule has 0 aliphatic carbocycles. The van der Waals surface area contributed by atoms with Crippen molar-refractivity contribution in [1.82, 2.24) is 4.90 Å². The molecule has 1 aliphatic rings. The number of hydrogen-bond donors (Lipinski definition) is 3. The number of thioether (sulfide) groups is 1. The lowest BCUT2D eigenvalue weighted by molar-refractivity contribution is -0.146. The van der Waals surface area contributed by atoms with E-state index in [1.807, 2.05) is 0 Å². The van der Waals surface area contributed by atoms with E-state index < -0.39 is 30.3 Å². The van der Waals surface area contributed by atoms with Crippen LogP contribution in [0.25, 0.3) is 6.08 Å². The van der Waals surface area contributed by atoms with Crippen LogP contribution in [0.4, 0.5) is 0 Å². The molecule has 1 atom stereocenters. The number of hydrogen-bond acceptors (Lipinski definition) is 7. The minimum atomic E-state index is -1.35. The van der Waals surface area contributed by atoms with Crippen molar-refractivity contribution in [1.29, 1.82) is 0 Å². The Morgan fingerprint density at radius 1 is 1.38 bits per heavy atom. The number of phenolic OH excluding ortho intramolecular Hbond substituents is 1. The maximum absolute atomic E-state index is 12.6. The first-order valence-electron chi connectivity index (χ1n) is 7.33. The number of ether oxygens (including phenoxy) is 1. The van der Waals surface area contributed by atoms with Crippen molar-refractivity contribution in [3.05, 3.63) is 28.7 Å². The number of carboxylic acid groups (broad SMARTS) is 2. The van der Waals surface area contributed by atoms with E-state index in [0.717, 1.165) is 16.7 Å². The SMILES string of the molecule is COc1cc(C=C2SC(=S)N(C(CCC(=O)O)C(=O)O)C2=O)ccc1O. The van der Waals surface area contributed by atoms with Crippen molar-refractivity contribution < 1.29 is 34.4 Å². The third-order valence-electron chi connectivity index (χ3n) is 3.55. The predicted octanol–water partition coefficient (Wildman–Crippen LogP) is 1.92. The highest BCUT2D eigenvalue weighted by Crippen LogP contribution is 2.36. The van der Waals surface area contributed by atoms with Gasteiger partial charge in [-0.3, -0.25) is 14.5 Å². The first-order chi connectivity index (χ1) is 12.2. The number of phenols is 1. The van der Waals surface area contributed by atoms with Gasteiger partial charge in [-0.1, -0.05) is 30.0 Å². The minimum absolute atomic E-state index is 0.0461. The first-order valence-corrected chi connectivity index (χ1v) is 8.55. The van der Waals surface area contributed by atoms with Gasteiger partial charge < -0.3 is 20.1 Å². The molecule has 1 aliphatic heterocycles. The number of methoxy groups -OCH3 is 1. The Kier molecular flexibility index (Phi) is 6.22. The summed E-state index contributed by atoms with van der Waals surface area (Å²) < 4.78 is 5.05. The summed E-state index contributed by atoms with van der Waals surface area (Å²) in [5.41, 5.74) is 0.553. The Bertz CT molecular complexity index is 806. The number of aromatic hydroxyl groups is 1. The summed E-state index contributed by atoms with van der Waals surface area (Å²) in [7, 11) is 1.39. The zero-order valence-electron chi connectivity index (χ0n) is 13.5. The fraction of sp³-hybridized carbons (Fsp3) is 0.250. The monoisotopic (exact) mass is 397 g/mol. The molecule has 138 valence electrons. The molecule has 0 radical (unpaired) electrons. The van der Waals surface area contributed by atoms with Gasteiger partial charge in [0.05, 0.1) is 12.0 Å². The van der Waals surface area contributed by atoms with Gasteiger partial charge in [0.1, 0.15) is 10.4 Å².